The molecule has 2 rings (SSSR count). The van der Waals surface area contributed by atoms with Crippen LogP contribution in [0, 0.1) is 11.6 Å². The molecule has 26 heavy (non-hydrogen) atoms. The number of anilines is 1. The summed E-state index contributed by atoms with van der Waals surface area (Å²) in [5.41, 5.74) is 6.47. The molecule has 1 amide bonds. The topological polar surface area (TPSA) is 46.3 Å². The van der Waals surface area contributed by atoms with Gasteiger partial charge < -0.3 is 10.6 Å². The van der Waals surface area contributed by atoms with Crippen molar-refractivity contribution in [3.63, 3.8) is 0 Å². The number of unbranched alkanes of at least 4 members (excludes halogenated alkanes) is 3. The molecule has 142 valence electrons. The fourth-order valence-corrected chi connectivity index (χ4v) is 2.65. The highest BCUT2D eigenvalue weighted by Crippen LogP contribution is 2.21. The van der Waals surface area contributed by atoms with Crippen LogP contribution in [0.2, 0.25) is 0 Å². The van der Waals surface area contributed by atoms with E-state index >= 15 is 0 Å². The normalized spacial score (nSPS) is 10.3. The van der Waals surface area contributed by atoms with Gasteiger partial charge in [0.15, 0.2) is 0 Å². The predicted molar refractivity (Wildman–Crippen MR) is 103 cm³/mol. The number of nitrogens with two attached hydrogens (primary N) is 1. The van der Waals surface area contributed by atoms with Crippen LogP contribution < -0.4 is 10.6 Å². The van der Waals surface area contributed by atoms with Crippen molar-refractivity contribution in [3.8, 4) is 0 Å². The van der Waals surface area contributed by atoms with Crippen molar-refractivity contribution >= 4 is 24.0 Å². The molecule has 0 aliphatic heterocycles. The largest absolute Gasteiger partial charge is 0.330 e. The van der Waals surface area contributed by atoms with Gasteiger partial charge in [0.05, 0.1) is 6.54 Å². The molecular formula is C20H25ClF2N2O. The summed E-state index contributed by atoms with van der Waals surface area (Å²) in [6.07, 6.45) is 4.00. The van der Waals surface area contributed by atoms with Gasteiger partial charge in [-0.3, -0.25) is 4.79 Å². The van der Waals surface area contributed by atoms with Crippen LogP contribution >= 0.6 is 12.4 Å². The van der Waals surface area contributed by atoms with Crippen molar-refractivity contribution < 1.29 is 13.6 Å². The lowest BCUT2D eigenvalue weighted by molar-refractivity contribution is -0.118. The molecule has 0 saturated carbocycles. The van der Waals surface area contributed by atoms with Crippen LogP contribution in [0.25, 0.3) is 0 Å². The molecular weight excluding hydrogens is 358 g/mol. The maximum absolute atomic E-state index is 14.0. The van der Waals surface area contributed by atoms with Gasteiger partial charge in [0.2, 0.25) is 5.91 Å². The van der Waals surface area contributed by atoms with Crippen LogP contribution in [0.15, 0.2) is 48.5 Å². The smallest absolute Gasteiger partial charge is 0.227 e. The molecule has 0 saturated heterocycles. The number of amides is 1. The molecule has 0 atom stereocenters. The van der Waals surface area contributed by atoms with Crippen LogP contribution in [0.4, 0.5) is 14.5 Å². The molecule has 0 aliphatic carbocycles. The van der Waals surface area contributed by atoms with E-state index in [4.69, 9.17) is 5.73 Å². The minimum Gasteiger partial charge on any atom is -0.330 e. The maximum atomic E-state index is 14.0. The Labute approximate surface area is 159 Å². The number of carbonyl (C=O) groups is 1. The molecule has 0 bridgehead atoms. The fraction of sp³-hybridized carbons (Fsp3) is 0.350. The van der Waals surface area contributed by atoms with Gasteiger partial charge in [-0.1, -0.05) is 31.0 Å². The van der Waals surface area contributed by atoms with Crippen molar-refractivity contribution in [1.82, 2.24) is 0 Å². The van der Waals surface area contributed by atoms with E-state index < -0.39 is 0 Å². The highest BCUT2D eigenvalue weighted by Gasteiger charge is 2.17. The van der Waals surface area contributed by atoms with E-state index in [0.29, 0.717) is 24.2 Å². The molecule has 3 nitrogen and oxygen atoms in total. The Bertz CT molecular complexity index is 680. The van der Waals surface area contributed by atoms with Crippen molar-refractivity contribution in [2.45, 2.75) is 38.6 Å². The lowest BCUT2D eigenvalue weighted by Crippen LogP contribution is -2.30. The Morgan fingerprint density at radius 2 is 1.58 bits per heavy atom. The van der Waals surface area contributed by atoms with E-state index in [2.05, 4.69) is 0 Å². The average Bonchev–Trinajstić information content (AvgIpc) is 2.61. The average molecular weight is 383 g/mol. The highest BCUT2D eigenvalue weighted by molar-refractivity contribution is 5.93. The molecule has 0 aliphatic rings. The summed E-state index contributed by atoms with van der Waals surface area (Å²) < 4.78 is 27.2. The van der Waals surface area contributed by atoms with Crippen LogP contribution in [0.3, 0.4) is 0 Å². The van der Waals surface area contributed by atoms with E-state index in [1.54, 1.807) is 30.3 Å². The Morgan fingerprint density at radius 3 is 2.23 bits per heavy atom. The number of halogens is 3. The minimum absolute atomic E-state index is 0. The second-order valence-electron chi connectivity index (χ2n) is 6.00. The Morgan fingerprint density at radius 1 is 0.923 bits per heavy atom. The van der Waals surface area contributed by atoms with E-state index in [1.165, 1.54) is 23.1 Å². The molecule has 0 heterocycles. The standard InChI is InChI=1S/C20H24F2N2O.ClH/c21-17-10-12-18(13-11-17)24(15-16-7-4-5-8-19(16)22)20(25)9-3-1-2-6-14-23;/h4-5,7-8,10-13H,1-3,6,9,14-15,23H2;1H. The summed E-state index contributed by atoms with van der Waals surface area (Å²) in [6.45, 7) is 0.781. The monoisotopic (exact) mass is 382 g/mol. The van der Waals surface area contributed by atoms with Gasteiger partial charge in [0.25, 0.3) is 0 Å². The molecule has 0 aromatic heterocycles. The van der Waals surface area contributed by atoms with Gasteiger partial charge in [0, 0.05) is 17.7 Å². The Hall–Kier alpha value is -1.98. The first-order chi connectivity index (χ1) is 12.1. The van der Waals surface area contributed by atoms with Crippen LogP contribution in [0.1, 0.15) is 37.7 Å². The summed E-state index contributed by atoms with van der Waals surface area (Å²) >= 11 is 0. The first-order valence-electron chi connectivity index (χ1n) is 8.61. The van der Waals surface area contributed by atoms with Gasteiger partial charge in [-0.25, -0.2) is 8.78 Å². The first kappa shape index (κ1) is 22.1. The second kappa shape index (κ2) is 11.6. The fourth-order valence-electron chi connectivity index (χ4n) is 2.65. The van der Waals surface area contributed by atoms with E-state index in [-0.39, 0.29) is 36.5 Å². The molecule has 6 heteroatoms. The summed E-state index contributed by atoms with van der Waals surface area (Å²) in [5, 5.41) is 0. The van der Waals surface area contributed by atoms with Gasteiger partial charge >= 0.3 is 0 Å². The Balaban J connectivity index is 0.00000338. The van der Waals surface area contributed by atoms with Crippen molar-refractivity contribution in [1.29, 1.82) is 0 Å². The third-order valence-corrected chi connectivity index (χ3v) is 4.07. The summed E-state index contributed by atoms with van der Waals surface area (Å²) in [4.78, 5) is 14.2. The van der Waals surface area contributed by atoms with Crippen LogP contribution in [0.5, 0.6) is 0 Å². The van der Waals surface area contributed by atoms with Crippen molar-refractivity contribution in [2.24, 2.45) is 5.73 Å². The zero-order valence-corrected chi connectivity index (χ0v) is 15.5. The number of rotatable bonds is 9. The third kappa shape index (κ3) is 6.73. The number of nitrogens with zero attached hydrogens (tertiary/aromatic N) is 1. The SMILES string of the molecule is Cl.NCCCCCCC(=O)N(Cc1ccccc1F)c1ccc(F)cc1. The van der Waals surface area contributed by atoms with Crippen molar-refractivity contribution in [2.75, 3.05) is 11.4 Å². The van der Waals surface area contributed by atoms with Gasteiger partial charge in [0.1, 0.15) is 11.6 Å². The van der Waals surface area contributed by atoms with Gasteiger partial charge in [-0.2, -0.15) is 0 Å². The molecule has 2 aromatic rings. The second-order valence-corrected chi connectivity index (χ2v) is 6.00. The highest BCUT2D eigenvalue weighted by atomic mass is 35.5. The summed E-state index contributed by atoms with van der Waals surface area (Å²) in [7, 11) is 0. The molecule has 0 unspecified atom stereocenters. The van der Waals surface area contributed by atoms with Crippen LogP contribution in [-0.2, 0) is 11.3 Å². The lowest BCUT2D eigenvalue weighted by Gasteiger charge is -2.23. The van der Waals surface area contributed by atoms with E-state index in [0.717, 1.165) is 25.7 Å². The zero-order chi connectivity index (χ0) is 18.1. The molecule has 2 aromatic carbocycles. The minimum atomic E-state index is -0.371. The quantitative estimate of drug-likeness (QED) is 0.631. The third-order valence-electron chi connectivity index (χ3n) is 4.07. The van der Waals surface area contributed by atoms with Crippen molar-refractivity contribution in [3.05, 3.63) is 65.7 Å². The summed E-state index contributed by atoms with van der Waals surface area (Å²) in [6, 6.07) is 12.1. The molecule has 2 N–H and O–H groups in total. The number of carbonyl (C=O) groups excluding carboxylic acids is 1. The maximum Gasteiger partial charge on any atom is 0.227 e. The molecule has 0 radical (unpaired) electrons. The van der Waals surface area contributed by atoms with E-state index in [9.17, 15) is 13.6 Å². The summed E-state index contributed by atoms with van der Waals surface area (Å²) in [5.74, 6) is -0.822. The number of hydrogen-bond donors (Lipinski definition) is 1. The predicted octanol–water partition coefficient (Wildman–Crippen LogP) is 4.83. The Kier molecular flexibility index (Phi) is 9.84. The van der Waals surface area contributed by atoms with Gasteiger partial charge in [-0.05, 0) is 49.7 Å². The molecule has 0 fully saturated rings. The molecule has 0 spiro atoms. The number of hydrogen-bond acceptors (Lipinski definition) is 2. The number of benzene rings is 2. The van der Waals surface area contributed by atoms with E-state index in [1.807, 2.05) is 0 Å². The first-order valence-corrected chi connectivity index (χ1v) is 8.61. The van der Waals surface area contributed by atoms with Gasteiger partial charge in [-0.15, -0.1) is 12.4 Å². The van der Waals surface area contributed by atoms with Crippen LogP contribution in [-0.4, -0.2) is 12.5 Å². The zero-order valence-electron chi connectivity index (χ0n) is 14.7. The lowest BCUT2D eigenvalue weighted by atomic mass is 10.1.